The zero-order valence-corrected chi connectivity index (χ0v) is 12.3. The average molecular weight is 282 g/mol. The second kappa shape index (κ2) is 6.68. The normalized spacial score (nSPS) is 14.7. The Bertz CT molecular complexity index is 579. The average Bonchev–Trinajstić information content (AvgIpc) is 2.48. The van der Waals surface area contributed by atoms with Crippen LogP contribution in [0.1, 0.15) is 37.4 Å². The molecular formula is C17H22N4. The third-order valence-electron chi connectivity index (χ3n) is 4.02. The van der Waals surface area contributed by atoms with Gasteiger partial charge >= 0.3 is 0 Å². The minimum Gasteiger partial charge on any atom is -0.382 e. The number of aromatic nitrogens is 2. The van der Waals surface area contributed by atoms with Crippen molar-refractivity contribution >= 4 is 5.69 Å². The summed E-state index contributed by atoms with van der Waals surface area (Å²) in [5.74, 6) is 1.54. The highest BCUT2D eigenvalue weighted by Gasteiger charge is 2.23. The summed E-state index contributed by atoms with van der Waals surface area (Å²) >= 11 is 0. The molecule has 0 aliphatic heterocycles. The Morgan fingerprint density at radius 3 is 2.67 bits per heavy atom. The number of rotatable bonds is 6. The van der Waals surface area contributed by atoms with Crippen LogP contribution in [0.25, 0.3) is 11.3 Å². The Labute approximate surface area is 125 Å². The molecule has 1 saturated carbocycles. The maximum atomic E-state index is 5.56. The summed E-state index contributed by atoms with van der Waals surface area (Å²) < 4.78 is 0. The van der Waals surface area contributed by atoms with Crippen LogP contribution >= 0.6 is 0 Å². The molecule has 0 saturated heterocycles. The van der Waals surface area contributed by atoms with Crippen LogP contribution in [0.2, 0.25) is 0 Å². The molecule has 0 radical (unpaired) electrons. The number of hydrogen-bond donors (Lipinski definition) is 2. The molecule has 1 aliphatic carbocycles. The van der Waals surface area contributed by atoms with Gasteiger partial charge in [-0.1, -0.05) is 36.8 Å². The van der Waals surface area contributed by atoms with Crippen molar-refractivity contribution in [2.24, 2.45) is 5.73 Å². The van der Waals surface area contributed by atoms with Crippen LogP contribution in [0.3, 0.4) is 0 Å². The number of benzene rings is 1. The largest absolute Gasteiger partial charge is 0.382 e. The summed E-state index contributed by atoms with van der Waals surface area (Å²) in [5.41, 5.74) is 8.70. The molecule has 1 heterocycles. The maximum Gasteiger partial charge on any atom is 0.132 e. The molecule has 1 aromatic heterocycles. The van der Waals surface area contributed by atoms with E-state index in [9.17, 15) is 0 Å². The second-order valence-electron chi connectivity index (χ2n) is 5.55. The van der Waals surface area contributed by atoms with E-state index in [4.69, 9.17) is 10.7 Å². The first kappa shape index (κ1) is 14.0. The van der Waals surface area contributed by atoms with Gasteiger partial charge in [0.15, 0.2) is 0 Å². The summed E-state index contributed by atoms with van der Waals surface area (Å²) in [6.07, 6.45) is 6.60. The molecule has 1 aliphatic rings. The van der Waals surface area contributed by atoms with Crippen LogP contribution in [0.15, 0.2) is 36.5 Å². The SMILES string of the molecule is NCCCNc1cnc(C2CCC2)nc1-c1ccccc1. The van der Waals surface area contributed by atoms with Gasteiger partial charge in [0.1, 0.15) is 5.82 Å². The highest BCUT2D eigenvalue weighted by molar-refractivity contribution is 5.73. The number of anilines is 1. The number of hydrogen-bond acceptors (Lipinski definition) is 4. The highest BCUT2D eigenvalue weighted by Crippen LogP contribution is 2.36. The Hall–Kier alpha value is -1.94. The lowest BCUT2D eigenvalue weighted by Gasteiger charge is -2.24. The zero-order valence-electron chi connectivity index (χ0n) is 12.3. The Kier molecular flexibility index (Phi) is 4.46. The van der Waals surface area contributed by atoms with E-state index in [0.717, 1.165) is 35.7 Å². The molecule has 3 N–H and O–H groups in total. The van der Waals surface area contributed by atoms with Gasteiger partial charge in [-0.25, -0.2) is 9.97 Å². The molecule has 4 heteroatoms. The predicted octanol–water partition coefficient (Wildman–Crippen LogP) is 3.17. The van der Waals surface area contributed by atoms with E-state index in [-0.39, 0.29) is 0 Å². The van der Waals surface area contributed by atoms with Crippen molar-refractivity contribution in [3.05, 3.63) is 42.4 Å². The molecule has 1 fully saturated rings. The Balaban J connectivity index is 1.91. The molecule has 2 aromatic rings. The molecule has 4 nitrogen and oxygen atoms in total. The van der Waals surface area contributed by atoms with Crippen molar-refractivity contribution in [2.75, 3.05) is 18.4 Å². The van der Waals surface area contributed by atoms with Gasteiger partial charge < -0.3 is 11.1 Å². The molecular weight excluding hydrogens is 260 g/mol. The van der Waals surface area contributed by atoms with Gasteiger partial charge in [-0.3, -0.25) is 0 Å². The zero-order chi connectivity index (χ0) is 14.5. The summed E-state index contributed by atoms with van der Waals surface area (Å²) in [4.78, 5) is 9.40. The first-order valence-corrected chi connectivity index (χ1v) is 7.75. The van der Waals surface area contributed by atoms with Crippen molar-refractivity contribution in [2.45, 2.75) is 31.6 Å². The fourth-order valence-electron chi connectivity index (χ4n) is 2.53. The van der Waals surface area contributed by atoms with Crippen molar-refractivity contribution < 1.29 is 0 Å². The monoisotopic (exact) mass is 282 g/mol. The summed E-state index contributed by atoms with van der Waals surface area (Å²) in [7, 11) is 0. The van der Waals surface area contributed by atoms with E-state index in [1.807, 2.05) is 24.4 Å². The molecule has 110 valence electrons. The van der Waals surface area contributed by atoms with Crippen LogP contribution in [0.5, 0.6) is 0 Å². The van der Waals surface area contributed by atoms with Crippen molar-refractivity contribution in [3.63, 3.8) is 0 Å². The third-order valence-corrected chi connectivity index (χ3v) is 4.02. The van der Waals surface area contributed by atoms with Gasteiger partial charge in [0, 0.05) is 18.0 Å². The van der Waals surface area contributed by atoms with Crippen molar-refractivity contribution in [1.29, 1.82) is 0 Å². The summed E-state index contributed by atoms with van der Waals surface area (Å²) in [6, 6.07) is 10.3. The summed E-state index contributed by atoms with van der Waals surface area (Å²) in [6.45, 7) is 1.54. The van der Waals surface area contributed by atoms with Gasteiger partial charge in [-0.05, 0) is 25.8 Å². The molecule has 3 rings (SSSR count). The Morgan fingerprint density at radius 1 is 1.19 bits per heavy atom. The van der Waals surface area contributed by atoms with Crippen molar-refractivity contribution in [1.82, 2.24) is 9.97 Å². The lowest BCUT2D eigenvalue weighted by atomic mass is 9.85. The lowest BCUT2D eigenvalue weighted by Crippen LogP contribution is -2.15. The van der Waals surface area contributed by atoms with Crippen LogP contribution in [-0.4, -0.2) is 23.1 Å². The highest BCUT2D eigenvalue weighted by atomic mass is 15.0. The number of nitrogens with zero attached hydrogens (tertiary/aromatic N) is 2. The molecule has 0 atom stereocenters. The first-order chi connectivity index (χ1) is 10.4. The molecule has 0 unspecified atom stereocenters. The lowest BCUT2D eigenvalue weighted by molar-refractivity contribution is 0.402. The quantitative estimate of drug-likeness (QED) is 0.799. The second-order valence-corrected chi connectivity index (χ2v) is 5.55. The van der Waals surface area contributed by atoms with Gasteiger partial charge in [-0.15, -0.1) is 0 Å². The van der Waals surface area contributed by atoms with Crippen LogP contribution < -0.4 is 11.1 Å². The predicted molar refractivity (Wildman–Crippen MR) is 86.2 cm³/mol. The first-order valence-electron chi connectivity index (χ1n) is 7.75. The van der Waals surface area contributed by atoms with Crippen LogP contribution in [0.4, 0.5) is 5.69 Å². The molecule has 21 heavy (non-hydrogen) atoms. The standard InChI is InChI=1S/C17H22N4/c18-10-5-11-19-15-12-20-17(14-8-4-9-14)21-16(15)13-6-2-1-3-7-13/h1-3,6-7,12,14,19H,4-5,8-11,18H2. The van der Waals surface area contributed by atoms with Crippen LogP contribution in [-0.2, 0) is 0 Å². The molecule has 0 spiro atoms. The van der Waals surface area contributed by atoms with E-state index in [1.165, 1.54) is 19.3 Å². The fraction of sp³-hybridized carbons (Fsp3) is 0.412. The van der Waals surface area contributed by atoms with E-state index in [1.54, 1.807) is 0 Å². The summed E-state index contributed by atoms with van der Waals surface area (Å²) in [5, 5.41) is 3.41. The number of nitrogens with one attached hydrogen (secondary N) is 1. The van der Waals surface area contributed by atoms with Gasteiger partial charge in [-0.2, -0.15) is 0 Å². The molecule has 0 bridgehead atoms. The molecule has 1 aromatic carbocycles. The van der Waals surface area contributed by atoms with Gasteiger partial charge in [0.25, 0.3) is 0 Å². The van der Waals surface area contributed by atoms with E-state index in [2.05, 4.69) is 22.4 Å². The smallest absolute Gasteiger partial charge is 0.132 e. The third kappa shape index (κ3) is 3.22. The van der Waals surface area contributed by atoms with E-state index < -0.39 is 0 Å². The van der Waals surface area contributed by atoms with Crippen molar-refractivity contribution in [3.8, 4) is 11.3 Å². The number of nitrogens with two attached hydrogens (primary N) is 1. The topological polar surface area (TPSA) is 63.8 Å². The van der Waals surface area contributed by atoms with Gasteiger partial charge in [0.2, 0.25) is 0 Å². The minimum absolute atomic E-state index is 0.547. The van der Waals surface area contributed by atoms with E-state index >= 15 is 0 Å². The fourth-order valence-corrected chi connectivity index (χ4v) is 2.53. The maximum absolute atomic E-state index is 5.56. The Morgan fingerprint density at radius 2 is 2.00 bits per heavy atom. The molecule has 0 amide bonds. The van der Waals surface area contributed by atoms with E-state index in [0.29, 0.717) is 12.5 Å². The minimum atomic E-state index is 0.547. The van der Waals surface area contributed by atoms with Crippen LogP contribution in [0, 0.1) is 0 Å². The van der Waals surface area contributed by atoms with Gasteiger partial charge in [0.05, 0.1) is 17.6 Å².